The van der Waals surface area contributed by atoms with E-state index in [0.29, 0.717) is 20.6 Å². The first-order valence-corrected chi connectivity index (χ1v) is 8.84. The molecular formula is C19H12FIN4O. The van der Waals surface area contributed by atoms with Crippen molar-refractivity contribution in [1.82, 2.24) is 14.4 Å². The second-order valence-corrected chi connectivity index (χ2v) is 6.77. The zero-order valence-electron chi connectivity index (χ0n) is 13.4. The second kappa shape index (κ2) is 6.83. The number of carbonyl (C=O) groups excluding carboxylic acids is 1. The summed E-state index contributed by atoms with van der Waals surface area (Å²) in [6, 6.07) is 13.3. The van der Waals surface area contributed by atoms with E-state index in [2.05, 4.69) is 15.3 Å². The van der Waals surface area contributed by atoms with Crippen LogP contribution in [0, 0.1) is 9.39 Å². The van der Waals surface area contributed by atoms with Crippen molar-refractivity contribution in [2.24, 2.45) is 0 Å². The van der Waals surface area contributed by atoms with Gasteiger partial charge >= 0.3 is 0 Å². The van der Waals surface area contributed by atoms with Crippen molar-refractivity contribution in [1.29, 1.82) is 0 Å². The SMILES string of the molecule is O=C(Nc1ccc(-c2cn3cccnc3n2)cc1)c1ccc(F)cc1I. The summed E-state index contributed by atoms with van der Waals surface area (Å²) >= 11 is 1.95. The number of benzene rings is 2. The van der Waals surface area contributed by atoms with Gasteiger partial charge in [-0.15, -0.1) is 0 Å². The Bertz CT molecular complexity index is 1080. The predicted octanol–water partition coefficient (Wildman–Crippen LogP) is 4.39. The highest BCUT2D eigenvalue weighted by Crippen LogP contribution is 2.22. The number of fused-ring (bicyclic) bond motifs is 1. The van der Waals surface area contributed by atoms with Crippen LogP contribution in [-0.4, -0.2) is 20.3 Å². The molecule has 2 aromatic carbocycles. The van der Waals surface area contributed by atoms with Gasteiger partial charge in [0.15, 0.2) is 0 Å². The van der Waals surface area contributed by atoms with Gasteiger partial charge in [0.25, 0.3) is 5.91 Å². The Balaban J connectivity index is 1.55. The maximum absolute atomic E-state index is 13.2. The molecule has 128 valence electrons. The molecule has 0 bridgehead atoms. The number of anilines is 1. The number of carbonyl (C=O) groups is 1. The van der Waals surface area contributed by atoms with Gasteiger partial charge in [0, 0.05) is 33.4 Å². The fourth-order valence-corrected chi connectivity index (χ4v) is 3.29. The number of amides is 1. The van der Waals surface area contributed by atoms with Crippen molar-refractivity contribution in [3.8, 4) is 11.3 Å². The Morgan fingerprint density at radius 3 is 2.69 bits per heavy atom. The van der Waals surface area contributed by atoms with Gasteiger partial charge in [-0.05, 0) is 59.0 Å². The van der Waals surface area contributed by atoms with Crippen molar-refractivity contribution in [3.05, 3.63) is 82.1 Å². The lowest BCUT2D eigenvalue weighted by atomic mass is 10.1. The summed E-state index contributed by atoms with van der Waals surface area (Å²) in [5.41, 5.74) is 2.81. The number of hydrogen-bond acceptors (Lipinski definition) is 3. The minimum atomic E-state index is -0.364. The molecule has 0 fully saturated rings. The summed E-state index contributed by atoms with van der Waals surface area (Å²) in [5.74, 6) is -0.0120. The van der Waals surface area contributed by atoms with Crippen molar-refractivity contribution in [2.45, 2.75) is 0 Å². The molecular weight excluding hydrogens is 446 g/mol. The fraction of sp³-hybridized carbons (Fsp3) is 0. The molecule has 0 aliphatic rings. The normalized spacial score (nSPS) is 10.8. The third-order valence-electron chi connectivity index (χ3n) is 3.85. The van der Waals surface area contributed by atoms with E-state index in [1.807, 2.05) is 57.6 Å². The van der Waals surface area contributed by atoms with Gasteiger partial charge < -0.3 is 5.32 Å². The first-order valence-electron chi connectivity index (χ1n) is 7.77. The monoisotopic (exact) mass is 458 g/mol. The van der Waals surface area contributed by atoms with E-state index in [1.165, 1.54) is 18.2 Å². The van der Waals surface area contributed by atoms with Gasteiger partial charge in [0.05, 0.1) is 11.3 Å². The van der Waals surface area contributed by atoms with E-state index in [9.17, 15) is 9.18 Å². The lowest BCUT2D eigenvalue weighted by Gasteiger charge is -2.07. The van der Waals surface area contributed by atoms with Gasteiger partial charge in [-0.2, -0.15) is 0 Å². The van der Waals surface area contributed by atoms with Gasteiger partial charge in [-0.1, -0.05) is 12.1 Å². The average Bonchev–Trinajstić information content (AvgIpc) is 3.06. The topological polar surface area (TPSA) is 59.3 Å². The lowest BCUT2D eigenvalue weighted by Crippen LogP contribution is -2.13. The Labute approximate surface area is 162 Å². The molecule has 0 radical (unpaired) electrons. The summed E-state index contributed by atoms with van der Waals surface area (Å²) in [5, 5.41) is 2.82. The quantitative estimate of drug-likeness (QED) is 0.464. The molecule has 1 N–H and O–H groups in total. The molecule has 4 aromatic rings. The molecule has 0 saturated heterocycles. The minimum Gasteiger partial charge on any atom is -0.322 e. The molecule has 7 heteroatoms. The number of aromatic nitrogens is 3. The largest absolute Gasteiger partial charge is 0.322 e. The van der Waals surface area contributed by atoms with Crippen LogP contribution >= 0.6 is 22.6 Å². The highest BCUT2D eigenvalue weighted by atomic mass is 127. The van der Waals surface area contributed by atoms with Crippen LogP contribution in [0.25, 0.3) is 17.0 Å². The first kappa shape index (κ1) is 16.6. The summed E-state index contributed by atoms with van der Waals surface area (Å²) in [7, 11) is 0. The molecule has 4 rings (SSSR count). The van der Waals surface area contributed by atoms with E-state index in [1.54, 1.807) is 18.3 Å². The summed E-state index contributed by atoms with van der Waals surface area (Å²) in [6.45, 7) is 0. The van der Waals surface area contributed by atoms with Gasteiger partial charge in [0.2, 0.25) is 5.78 Å². The molecule has 0 unspecified atom stereocenters. The van der Waals surface area contributed by atoms with Crippen LogP contribution in [0.15, 0.2) is 67.1 Å². The number of halogens is 2. The van der Waals surface area contributed by atoms with Crippen LogP contribution < -0.4 is 5.32 Å². The van der Waals surface area contributed by atoms with Crippen LogP contribution in [0.3, 0.4) is 0 Å². The number of imidazole rings is 1. The fourth-order valence-electron chi connectivity index (χ4n) is 2.57. The third kappa shape index (κ3) is 3.30. The van der Waals surface area contributed by atoms with Crippen molar-refractivity contribution in [2.75, 3.05) is 5.32 Å². The Kier molecular flexibility index (Phi) is 4.37. The van der Waals surface area contributed by atoms with Gasteiger partial charge in [0.1, 0.15) is 5.82 Å². The maximum atomic E-state index is 13.2. The summed E-state index contributed by atoms with van der Waals surface area (Å²) in [6.07, 6.45) is 5.48. The van der Waals surface area contributed by atoms with E-state index in [4.69, 9.17) is 0 Å². The first-order chi connectivity index (χ1) is 12.6. The van der Waals surface area contributed by atoms with Gasteiger partial charge in [-0.3, -0.25) is 9.20 Å². The second-order valence-electron chi connectivity index (χ2n) is 5.61. The molecule has 0 aliphatic heterocycles. The zero-order valence-corrected chi connectivity index (χ0v) is 15.5. The number of hydrogen-bond donors (Lipinski definition) is 1. The van der Waals surface area contributed by atoms with Crippen LogP contribution in [0.4, 0.5) is 10.1 Å². The molecule has 0 aliphatic carbocycles. The molecule has 0 spiro atoms. The van der Waals surface area contributed by atoms with Crippen molar-refractivity contribution < 1.29 is 9.18 Å². The number of nitrogens with zero attached hydrogens (tertiary/aromatic N) is 3. The van der Waals surface area contributed by atoms with Crippen LogP contribution in [-0.2, 0) is 0 Å². The summed E-state index contributed by atoms with van der Waals surface area (Å²) in [4.78, 5) is 21.0. The van der Waals surface area contributed by atoms with Gasteiger partial charge in [-0.25, -0.2) is 14.4 Å². The van der Waals surface area contributed by atoms with E-state index in [0.717, 1.165) is 11.3 Å². The van der Waals surface area contributed by atoms with Crippen molar-refractivity contribution in [3.63, 3.8) is 0 Å². The summed E-state index contributed by atoms with van der Waals surface area (Å²) < 4.78 is 15.6. The third-order valence-corrected chi connectivity index (χ3v) is 4.74. The lowest BCUT2D eigenvalue weighted by molar-refractivity contribution is 0.102. The highest BCUT2D eigenvalue weighted by Gasteiger charge is 2.11. The molecule has 1 amide bonds. The van der Waals surface area contributed by atoms with Crippen LogP contribution in [0.1, 0.15) is 10.4 Å². The van der Waals surface area contributed by atoms with E-state index >= 15 is 0 Å². The van der Waals surface area contributed by atoms with E-state index < -0.39 is 0 Å². The predicted molar refractivity (Wildman–Crippen MR) is 105 cm³/mol. The van der Waals surface area contributed by atoms with Crippen molar-refractivity contribution >= 4 is 40.0 Å². The number of rotatable bonds is 3. The number of nitrogens with one attached hydrogen (secondary N) is 1. The molecule has 0 atom stereocenters. The molecule has 2 aromatic heterocycles. The maximum Gasteiger partial charge on any atom is 0.256 e. The van der Waals surface area contributed by atoms with Crippen LogP contribution in [0.2, 0.25) is 0 Å². The highest BCUT2D eigenvalue weighted by molar-refractivity contribution is 14.1. The smallest absolute Gasteiger partial charge is 0.256 e. The molecule has 26 heavy (non-hydrogen) atoms. The standard InChI is InChI=1S/C19H12FIN4O/c20-13-4-7-15(16(21)10-13)18(26)23-14-5-2-12(3-6-14)17-11-25-9-1-8-22-19(25)24-17/h1-11H,(H,23,26). The Morgan fingerprint density at radius 2 is 1.96 bits per heavy atom. The Morgan fingerprint density at radius 1 is 1.15 bits per heavy atom. The minimum absolute atomic E-state index is 0.279. The molecule has 2 heterocycles. The zero-order chi connectivity index (χ0) is 18.1. The molecule has 0 saturated carbocycles. The Hall–Kier alpha value is -2.81. The molecule has 5 nitrogen and oxygen atoms in total. The average molecular weight is 458 g/mol. The van der Waals surface area contributed by atoms with Crippen LogP contribution in [0.5, 0.6) is 0 Å². The van der Waals surface area contributed by atoms with E-state index in [-0.39, 0.29) is 11.7 Å².